The van der Waals surface area contributed by atoms with Crippen LogP contribution in [0, 0.1) is 0 Å². The van der Waals surface area contributed by atoms with E-state index in [1.54, 1.807) is 11.8 Å². The lowest BCUT2D eigenvalue weighted by Crippen LogP contribution is -2.49. The average Bonchev–Trinajstić information content (AvgIpc) is 2.46. The second-order valence-electron chi connectivity index (χ2n) is 5.36. The van der Waals surface area contributed by atoms with Gasteiger partial charge in [0.15, 0.2) is 0 Å². The van der Waals surface area contributed by atoms with E-state index in [2.05, 4.69) is 0 Å². The molecular weight excluding hydrogens is 353 g/mol. The number of halogens is 4. The number of sulfonamides is 1. The number of benzene rings is 1. The first kappa shape index (κ1) is 18.4. The van der Waals surface area contributed by atoms with Gasteiger partial charge in [-0.15, -0.1) is 0 Å². The average molecular weight is 371 g/mol. The van der Waals surface area contributed by atoms with Crippen molar-refractivity contribution in [3.8, 4) is 0 Å². The summed E-state index contributed by atoms with van der Waals surface area (Å²) in [6.07, 6.45) is -4.00. The second kappa shape index (κ2) is 6.86. The normalized spacial score (nSPS) is 17.5. The first-order valence-corrected chi connectivity index (χ1v) is 9.23. The Bertz CT molecular complexity index is 656. The van der Waals surface area contributed by atoms with E-state index in [0.29, 0.717) is 6.42 Å². The molecule has 130 valence electrons. The van der Waals surface area contributed by atoms with Crippen molar-refractivity contribution in [2.45, 2.75) is 19.5 Å². The van der Waals surface area contributed by atoms with Crippen LogP contribution >= 0.6 is 11.6 Å². The van der Waals surface area contributed by atoms with Crippen molar-refractivity contribution < 1.29 is 21.6 Å². The number of alkyl halides is 3. The SMILES string of the molecule is CCCS(=O)(=O)N1CCN(c2ccc(Cl)cc2C(F)(F)F)CC1. The lowest BCUT2D eigenvalue weighted by molar-refractivity contribution is -0.137. The van der Waals surface area contributed by atoms with Crippen LogP contribution in [0.3, 0.4) is 0 Å². The molecule has 2 rings (SSSR count). The van der Waals surface area contributed by atoms with Gasteiger partial charge < -0.3 is 4.90 Å². The molecular formula is C14H18ClF3N2O2S. The fourth-order valence-corrected chi connectivity index (χ4v) is 4.27. The molecule has 1 heterocycles. The van der Waals surface area contributed by atoms with Crippen LogP contribution in [0.2, 0.25) is 5.02 Å². The maximum Gasteiger partial charge on any atom is 0.418 e. The van der Waals surface area contributed by atoms with E-state index in [1.807, 2.05) is 0 Å². The van der Waals surface area contributed by atoms with Crippen LogP contribution < -0.4 is 4.90 Å². The standard InChI is InChI=1S/C14H18ClF3N2O2S/c1-2-9-23(21,22)20-7-5-19(6-8-20)13-4-3-11(15)10-12(13)14(16,17)18/h3-4,10H,2,5-9H2,1H3. The molecule has 0 N–H and O–H groups in total. The third-order valence-electron chi connectivity index (χ3n) is 3.70. The van der Waals surface area contributed by atoms with E-state index < -0.39 is 21.8 Å². The Balaban J connectivity index is 2.18. The van der Waals surface area contributed by atoms with Crippen molar-refractivity contribution >= 4 is 27.3 Å². The van der Waals surface area contributed by atoms with E-state index in [0.717, 1.165) is 6.07 Å². The largest absolute Gasteiger partial charge is 0.418 e. The molecule has 4 nitrogen and oxygen atoms in total. The molecule has 1 aliphatic rings. The maximum atomic E-state index is 13.2. The van der Waals surface area contributed by atoms with Gasteiger partial charge in [-0.2, -0.15) is 17.5 Å². The lowest BCUT2D eigenvalue weighted by Gasteiger charge is -2.36. The van der Waals surface area contributed by atoms with Crippen LogP contribution in [0.5, 0.6) is 0 Å². The van der Waals surface area contributed by atoms with Gasteiger partial charge >= 0.3 is 6.18 Å². The topological polar surface area (TPSA) is 40.6 Å². The smallest absolute Gasteiger partial charge is 0.368 e. The Morgan fingerprint density at radius 1 is 1.17 bits per heavy atom. The van der Waals surface area contributed by atoms with Crippen LogP contribution in [0.4, 0.5) is 18.9 Å². The van der Waals surface area contributed by atoms with Crippen molar-refractivity contribution in [3.63, 3.8) is 0 Å². The molecule has 1 aliphatic heterocycles. The van der Waals surface area contributed by atoms with Gasteiger partial charge in [-0.05, 0) is 24.6 Å². The molecule has 0 aliphatic carbocycles. The third-order valence-corrected chi connectivity index (χ3v) is 6.01. The molecule has 0 spiro atoms. The summed E-state index contributed by atoms with van der Waals surface area (Å²) in [6, 6.07) is 3.64. The van der Waals surface area contributed by atoms with Gasteiger partial charge in [0.25, 0.3) is 0 Å². The molecule has 1 fully saturated rings. The van der Waals surface area contributed by atoms with Gasteiger partial charge in [0.05, 0.1) is 11.3 Å². The summed E-state index contributed by atoms with van der Waals surface area (Å²) in [5.41, 5.74) is -0.760. The summed E-state index contributed by atoms with van der Waals surface area (Å²) in [5, 5.41) is 0.0187. The zero-order valence-electron chi connectivity index (χ0n) is 12.6. The molecule has 1 saturated heterocycles. The highest BCUT2D eigenvalue weighted by Gasteiger charge is 2.36. The van der Waals surface area contributed by atoms with Crippen molar-refractivity contribution in [1.82, 2.24) is 4.31 Å². The lowest BCUT2D eigenvalue weighted by atomic mass is 10.1. The minimum atomic E-state index is -4.51. The van der Waals surface area contributed by atoms with Crippen LogP contribution in [0.15, 0.2) is 18.2 Å². The predicted octanol–water partition coefficient (Wildman–Crippen LogP) is 3.22. The number of anilines is 1. The molecule has 0 amide bonds. The Hall–Kier alpha value is -0.990. The number of hydrogen-bond acceptors (Lipinski definition) is 3. The van der Waals surface area contributed by atoms with Gasteiger partial charge in [-0.3, -0.25) is 0 Å². The zero-order chi connectivity index (χ0) is 17.3. The molecule has 9 heteroatoms. The molecule has 0 radical (unpaired) electrons. The molecule has 1 aromatic carbocycles. The van der Waals surface area contributed by atoms with E-state index in [1.165, 1.54) is 16.4 Å². The molecule has 0 bridgehead atoms. The van der Waals surface area contributed by atoms with Gasteiger partial charge in [0.1, 0.15) is 0 Å². The minimum absolute atomic E-state index is 0.0187. The fraction of sp³-hybridized carbons (Fsp3) is 0.571. The van der Waals surface area contributed by atoms with E-state index in [9.17, 15) is 21.6 Å². The zero-order valence-corrected chi connectivity index (χ0v) is 14.2. The summed E-state index contributed by atoms with van der Waals surface area (Å²) in [5.74, 6) is 0.0573. The summed E-state index contributed by atoms with van der Waals surface area (Å²) in [6.45, 7) is 2.57. The Morgan fingerprint density at radius 3 is 2.30 bits per heavy atom. The highest BCUT2D eigenvalue weighted by atomic mass is 35.5. The summed E-state index contributed by atoms with van der Waals surface area (Å²) in [7, 11) is -3.32. The predicted molar refractivity (Wildman–Crippen MR) is 84.3 cm³/mol. The fourth-order valence-electron chi connectivity index (χ4n) is 2.61. The first-order chi connectivity index (χ1) is 10.6. The molecule has 0 unspecified atom stereocenters. The van der Waals surface area contributed by atoms with Crippen LogP contribution in [-0.2, 0) is 16.2 Å². The number of piperazine rings is 1. The molecule has 1 aromatic rings. The number of hydrogen-bond donors (Lipinski definition) is 0. The van der Waals surface area contributed by atoms with Gasteiger partial charge in [0.2, 0.25) is 10.0 Å². The Morgan fingerprint density at radius 2 is 1.78 bits per heavy atom. The maximum absolute atomic E-state index is 13.2. The molecule has 0 aromatic heterocycles. The van der Waals surface area contributed by atoms with Gasteiger partial charge in [0, 0.05) is 36.9 Å². The first-order valence-electron chi connectivity index (χ1n) is 7.24. The Kier molecular flexibility index (Phi) is 5.48. The van der Waals surface area contributed by atoms with Crippen molar-refractivity contribution in [1.29, 1.82) is 0 Å². The monoisotopic (exact) mass is 370 g/mol. The highest BCUT2D eigenvalue weighted by molar-refractivity contribution is 7.89. The molecule has 23 heavy (non-hydrogen) atoms. The summed E-state index contributed by atoms with van der Waals surface area (Å²) >= 11 is 5.67. The second-order valence-corrected chi connectivity index (χ2v) is 7.89. The summed E-state index contributed by atoms with van der Waals surface area (Å²) < 4.78 is 64.8. The van der Waals surface area contributed by atoms with Crippen molar-refractivity contribution in [2.24, 2.45) is 0 Å². The van der Waals surface area contributed by atoms with Crippen molar-refractivity contribution in [3.05, 3.63) is 28.8 Å². The van der Waals surface area contributed by atoms with Crippen LogP contribution in [0.25, 0.3) is 0 Å². The summed E-state index contributed by atoms with van der Waals surface area (Å²) in [4.78, 5) is 1.55. The molecule has 0 saturated carbocycles. The minimum Gasteiger partial charge on any atom is -0.368 e. The van der Waals surface area contributed by atoms with Gasteiger partial charge in [-0.1, -0.05) is 18.5 Å². The van der Waals surface area contributed by atoms with Crippen LogP contribution in [0.1, 0.15) is 18.9 Å². The molecule has 0 atom stereocenters. The quantitative estimate of drug-likeness (QED) is 0.817. The van der Waals surface area contributed by atoms with Crippen LogP contribution in [-0.4, -0.2) is 44.7 Å². The van der Waals surface area contributed by atoms with E-state index in [4.69, 9.17) is 11.6 Å². The van der Waals surface area contributed by atoms with Crippen molar-refractivity contribution in [2.75, 3.05) is 36.8 Å². The van der Waals surface area contributed by atoms with Gasteiger partial charge in [-0.25, -0.2) is 8.42 Å². The Labute approximate surface area is 138 Å². The third kappa shape index (κ3) is 4.30. The van der Waals surface area contributed by atoms with E-state index in [-0.39, 0.29) is 42.6 Å². The van der Waals surface area contributed by atoms with E-state index >= 15 is 0 Å². The number of rotatable bonds is 4. The highest BCUT2D eigenvalue weighted by Crippen LogP contribution is 2.38. The number of nitrogens with zero attached hydrogens (tertiary/aromatic N) is 2.